The fraction of sp³-hybridized carbons (Fsp3) is 0.136. The zero-order valence-electron chi connectivity index (χ0n) is 15.5. The fourth-order valence-corrected chi connectivity index (χ4v) is 3.32. The molecular formula is C22H17FO5. The van der Waals surface area contributed by atoms with E-state index in [0.717, 1.165) is 0 Å². The maximum absolute atomic E-state index is 13.2. The minimum absolute atomic E-state index is 0.226. The Balaban J connectivity index is 2.12. The first-order valence-corrected chi connectivity index (χ1v) is 8.53. The standard InChI is InChI=1S/C22H17FO5/c1-25-17-9-8-14-20(22(17)27-3)19(26-2)10-15-16(24)11-18(28-21(14)15)12-4-6-13(23)7-5-12/h4-11H,1-3H3. The second-order valence-corrected chi connectivity index (χ2v) is 6.16. The van der Waals surface area contributed by atoms with Crippen LogP contribution in [0.3, 0.4) is 0 Å². The molecular weight excluding hydrogens is 363 g/mol. The second-order valence-electron chi connectivity index (χ2n) is 6.16. The average Bonchev–Trinajstić information content (AvgIpc) is 2.72. The van der Waals surface area contributed by atoms with Crippen molar-refractivity contribution >= 4 is 21.7 Å². The molecule has 4 aromatic rings. The number of hydrogen-bond acceptors (Lipinski definition) is 5. The number of hydrogen-bond donors (Lipinski definition) is 0. The Kier molecular flexibility index (Phi) is 4.39. The van der Waals surface area contributed by atoms with Crippen LogP contribution in [0.2, 0.25) is 0 Å². The lowest BCUT2D eigenvalue weighted by Crippen LogP contribution is -2.02. The fourth-order valence-electron chi connectivity index (χ4n) is 3.32. The number of ether oxygens (including phenoxy) is 3. The number of halogens is 1. The Bertz CT molecular complexity index is 1240. The first-order chi connectivity index (χ1) is 13.6. The summed E-state index contributed by atoms with van der Waals surface area (Å²) >= 11 is 0. The molecule has 0 atom stereocenters. The van der Waals surface area contributed by atoms with E-state index in [0.29, 0.717) is 50.3 Å². The second kappa shape index (κ2) is 6.88. The quantitative estimate of drug-likeness (QED) is 0.477. The third-order valence-corrected chi connectivity index (χ3v) is 4.65. The van der Waals surface area contributed by atoms with Crippen LogP contribution in [0.1, 0.15) is 0 Å². The molecule has 0 saturated carbocycles. The molecule has 0 aliphatic heterocycles. The maximum Gasteiger partial charge on any atom is 0.193 e. The smallest absolute Gasteiger partial charge is 0.193 e. The van der Waals surface area contributed by atoms with E-state index in [-0.39, 0.29) is 11.2 Å². The predicted molar refractivity (Wildman–Crippen MR) is 105 cm³/mol. The Labute approximate surface area is 159 Å². The maximum atomic E-state index is 13.2. The van der Waals surface area contributed by atoms with E-state index in [2.05, 4.69) is 0 Å². The Morgan fingerprint density at radius 2 is 1.54 bits per heavy atom. The highest BCUT2D eigenvalue weighted by Gasteiger charge is 2.19. The monoisotopic (exact) mass is 380 g/mol. The summed E-state index contributed by atoms with van der Waals surface area (Å²) in [6.45, 7) is 0. The summed E-state index contributed by atoms with van der Waals surface area (Å²) in [6, 6.07) is 12.3. The van der Waals surface area contributed by atoms with Crippen LogP contribution in [0.15, 0.2) is 57.7 Å². The number of rotatable bonds is 4. The van der Waals surface area contributed by atoms with Crippen LogP contribution in [-0.2, 0) is 0 Å². The van der Waals surface area contributed by atoms with Crippen molar-refractivity contribution in [3.8, 4) is 28.6 Å². The van der Waals surface area contributed by atoms with Gasteiger partial charge in [-0.1, -0.05) is 0 Å². The van der Waals surface area contributed by atoms with Gasteiger partial charge in [0, 0.05) is 17.0 Å². The molecule has 142 valence electrons. The SMILES string of the molecule is COc1ccc2c(c(OC)cc3c(=O)cc(-c4ccc(F)cc4)oc32)c1OC. The van der Waals surface area contributed by atoms with Gasteiger partial charge in [-0.3, -0.25) is 4.79 Å². The molecule has 5 nitrogen and oxygen atoms in total. The van der Waals surface area contributed by atoms with Crippen LogP contribution in [0.5, 0.6) is 17.2 Å². The van der Waals surface area contributed by atoms with Crippen molar-refractivity contribution in [1.82, 2.24) is 0 Å². The van der Waals surface area contributed by atoms with Gasteiger partial charge in [0.05, 0.1) is 32.1 Å². The van der Waals surface area contributed by atoms with Crippen molar-refractivity contribution in [3.63, 3.8) is 0 Å². The Hall–Kier alpha value is -3.54. The molecule has 1 aromatic heterocycles. The van der Waals surface area contributed by atoms with Crippen molar-refractivity contribution in [3.05, 3.63) is 64.6 Å². The van der Waals surface area contributed by atoms with E-state index >= 15 is 0 Å². The van der Waals surface area contributed by atoms with Gasteiger partial charge in [0.2, 0.25) is 0 Å². The van der Waals surface area contributed by atoms with E-state index in [4.69, 9.17) is 18.6 Å². The van der Waals surface area contributed by atoms with Crippen molar-refractivity contribution in [2.24, 2.45) is 0 Å². The van der Waals surface area contributed by atoms with Crippen LogP contribution in [0, 0.1) is 5.82 Å². The minimum Gasteiger partial charge on any atom is -0.496 e. The van der Waals surface area contributed by atoms with Gasteiger partial charge in [-0.2, -0.15) is 0 Å². The molecule has 0 radical (unpaired) electrons. The topological polar surface area (TPSA) is 57.9 Å². The van der Waals surface area contributed by atoms with E-state index in [1.54, 1.807) is 37.4 Å². The molecule has 28 heavy (non-hydrogen) atoms. The highest BCUT2D eigenvalue weighted by molar-refractivity contribution is 6.10. The van der Waals surface area contributed by atoms with Crippen molar-refractivity contribution < 1.29 is 23.0 Å². The summed E-state index contributed by atoms with van der Waals surface area (Å²) in [5.41, 5.74) is 0.768. The number of fused-ring (bicyclic) bond motifs is 3. The summed E-state index contributed by atoms with van der Waals surface area (Å²) < 4.78 is 35.7. The van der Waals surface area contributed by atoms with Gasteiger partial charge in [0.1, 0.15) is 22.9 Å². The lowest BCUT2D eigenvalue weighted by Gasteiger charge is -2.15. The molecule has 0 fully saturated rings. The van der Waals surface area contributed by atoms with Crippen LogP contribution in [0.25, 0.3) is 33.1 Å². The molecule has 0 N–H and O–H groups in total. The third kappa shape index (κ3) is 2.74. The predicted octanol–water partition coefficient (Wildman–Crippen LogP) is 4.78. The van der Waals surface area contributed by atoms with E-state index in [1.807, 2.05) is 0 Å². The summed E-state index contributed by atoms with van der Waals surface area (Å²) in [5, 5.41) is 1.66. The molecule has 1 heterocycles. The zero-order chi connectivity index (χ0) is 19.8. The van der Waals surface area contributed by atoms with Crippen LogP contribution >= 0.6 is 0 Å². The summed E-state index contributed by atoms with van der Waals surface area (Å²) in [7, 11) is 4.60. The highest BCUT2D eigenvalue weighted by Crippen LogP contribution is 2.44. The average molecular weight is 380 g/mol. The highest BCUT2D eigenvalue weighted by atomic mass is 19.1. The van der Waals surface area contributed by atoms with Gasteiger partial charge < -0.3 is 18.6 Å². The van der Waals surface area contributed by atoms with Gasteiger partial charge in [0.15, 0.2) is 16.9 Å². The van der Waals surface area contributed by atoms with Crippen LogP contribution < -0.4 is 19.6 Å². The van der Waals surface area contributed by atoms with Gasteiger partial charge in [0.25, 0.3) is 0 Å². The lowest BCUT2D eigenvalue weighted by molar-refractivity contribution is 0.356. The summed E-state index contributed by atoms with van der Waals surface area (Å²) in [4.78, 5) is 12.8. The largest absolute Gasteiger partial charge is 0.496 e. The third-order valence-electron chi connectivity index (χ3n) is 4.65. The molecule has 0 aliphatic rings. The van der Waals surface area contributed by atoms with Gasteiger partial charge in [-0.05, 0) is 42.5 Å². The summed E-state index contributed by atoms with van der Waals surface area (Å²) in [5.74, 6) is 1.47. The van der Waals surface area contributed by atoms with Crippen molar-refractivity contribution in [1.29, 1.82) is 0 Å². The molecule has 4 rings (SSSR count). The zero-order valence-corrected chi connectivity index (χ0v) is 15.5. The van der Waals surface area contributed by atoms with Crippen molar-refractivity contribution in [2.45, 2.75) is 0 Å². The van der Waals surface area contributed by atoms with Crippen LogP contribution in [-0.4, -0.2) is 21.3 Å². The van der Waals surface area contributed by atoms with Crippen LogP contribution in [0.4, 0.5) is 4.39 Å². The molecule has 0 unspecified atom stereocenters. The lowest BCUT2D eigenvalue weighted by atomic mass is 10.0. The number of benzene rings is 3. The Morgan fingerprint density at radius 1 is 0.821 bits per heavy atom. The molecule has 6 heteroatoms. The summed E-state index contributed by atoms with van der Waals surface area (Å²) in [6.07, 6.45) is 0. The van der Waals surface area contributed by atoms with Gasteiger partial charge in [-0.25, -0.2) is 4.39 Å². The molecule has 3 aromatic carbocycles. The van der Waals surface area contributed by atoms with E-state index in [9.17, 15) is 9.18 Å². The van der Waals surface area contributed by atoms with E-state index < -0.39 is 0 Å². The number of methoxy groups -OCH3 is 3. The van der Waals surface area contributed by atoms with E-state index in [1.165, 1.54) is 32.4 Å². The molecule has 0 spiro atoms. The first-order valence-electron chi connectivity index (χ1n) is 8.53. The molecule has 0 bridgehead atoms. The van der Waals surface area contributed by atoms with Gasteiger partial charge >= 0.3 is 0 Å². The first kappa shape index (κ1) is 17.9. The minimum atomic E-state index is -0.362. The van der Waals surface area contributed by atoms with Crippen molar-refractivity contribution in [2.75, 3.05) is 21.3 Å². The molecule has 0 amide bonds. The molecule has 0 aliphatic carbocycles. The van der Waals surface area contributed by atoms with Gasteiger partial charge in [-0.15, -0.1) is 0 Å². The Morgan fingerprint density at radius 3 is 2.18 bits per heavy atom. The molecule has 0 saturated heterocycles. The normalized spacial score (nSPS) is 11.0.